The summed E-state index contributed by atoms with van der Waals surface area (Å²) in [5.41, 5.74) is 2.36. The molecule has 8 nitrogen and oxygen atoms in total. The van der Waals surface area contributed by atoms with Gasteiger partial charge < -0.3 is 15.0 Å². The Kier molecular flexibility index (Phi) is 5.37. The van der Waals surface area contributed by atoms with Crippen LogP contribution in [0.15, 0.2) is 0 Å². The van der Waals surface area contributed by atoms with E-state index in [4.69, 9.17) is 10.6 Å². The lowest BCUT2D eigenvalue weighted by molar-refractivity contribution is 0.379. The molecule has 0 unspecified atom stereocenters. The number of hydrogen-bond donors (Lipinski definition) is 3. The van der Waals surface area contributed by atoms with E-state index in [1.54, 1.807) is 0 Å². The predicted octanol–water partition coefficient (Wildman–Crippen LogP) is -0.471. The van der Waals surface area contributed by atoms with Gasteiger partial charge in [-0.1, -0.05) is 0 Å². The predicted molar refractivity (Wildman–Crippen MR) is 65.8 cm³/mol. The molecular formula is C9H19N7O. The summed E-state index contributed by atoms with van der Waals surface area (Å²) in [6.45, 7) is 1.77. The third-order valence-electron chi connectivity index (χ3n) is 1.99. The van der Waals surface area contributed by atoms with Gasteiger partial charge in [0.25, 0.3) is 0 Å². The quantitative estimate of drug-likeness (QED) is 0.334. The van der Waals surface area contributed by atoms with E-state index >= 15 is 0 Å². The molecular weight excluding hydrogens is 222 g/mol. The molecule has 0 radical (unpaired) electrons. The van der Waals surface area contributed by atoms with Gasteiger partial charge in [0.05, 0.1) is 7.11 Å². The van der Waals surface area contributed by atoms with Crippen LogP contribution >= 0.6 is 0 Å². The fourth-order valence-electron chi connectivity index (χ4n) is 1.19. The van der Waals surface area contributed by atoms with E-state index in [-0.39, 0.29) is 12.0 Å². The van der Waals surface area contributed by atoms with Crippen LogP contribution in [0.2, 0.25) is 0 Å². The third kappa shape index (κ3) is 4.79. The first-order valence-electron chi connectivity index (χ1n) is 5.31. The van der Waals surface area contributed by atoms with Crippen molar-refractivity contribution in [1.29, 1.82) is 0 Å². The van der Waals surface area contributed by atoms with Gasteiger partial charge in [-0.05, 0) is 27.1 Å². The molecule has 17 heavy (non-hydrogen) atoms. The molecule has 0 atom stereocenters. The number of rotatable bonds is 7. The van der Waals surface area contributed by atoms with Crippen LogP contribution in [0.3, 0.4) is 0 Å². The lowest BCUT2D eigenvalue weighted by Crippen LogP contribution is -2.18. The number of nitrogen functional groups attached to an aromatic ring is 1. The summed E-state index contributed by atoms with van der Waals surface area (Å²) in [6.07, 6.45) is 0.992. The van der Waals surface area contributed by atoms with Crippen molar-refractivity contribution < 1.29 is 4.74 Å². The highest BCUT2D eigenvalue weighted by atomic mass is 16.5. The van der Waals surface area contributed by atoms with Gasteiger partial charge in [0.2, 0.25) is 11.9 Å². The van der Waals surface area contributed by atoms with E-state index in [0.717, 1.165) is 19.5 Å². The molecule has 1 aromatic heterocycles. The zero-order chi connectivity index (χ0) is 12.7. The van der Waals surface area contributed by atoms with Gasteiger partial charge in [0.1, 0.15) is 0 Å². The van der Waals surface area contributed by atoms with E-state index in [0.29, 0.717) is 5.95 Å². The van der Waals surface area contributed by atoms with Crippen LogP contribution in [0.1, 0.15) is 6.42 Å². The van der Waals surface area contributed by atoms with Crippen molar-refractivity contribution in [1.82, 2.24) is 19.9 Å². The molecule has 0 aromatic carbocycles. The second kappa shape index (κ2) is 6.81. The fourth-order valence-corrected chi connectivity index (χ4v) is 1.19. The highest BCUT2D eigenvalue weighted by molar-refractivity contribution is 5.34. The molecule has 96 valence electrons. The van der Waals surface area contributed by atoms with Crippen LogP contribution in [0, 0.1) is 0 Å². The standard InChI is InChI=1S/C9H19N7O/c1-16(2)6-4-5-11-7-12-8(15-10)14-9(13-7)17-3/h4-6,10H2,1-3H3,(H2,11,12,13,14,15). The highest BCUT2D eigenvalue weighted by Gasteiger charge is 2.04. The molecule has 4 N–H and O–H groups in total. The van der Waals surface area contributed by atoms with Crippen LogP contribution in [0.25, 0.3) is 0 Å². The summed E-state index contributed by atoms with van der Waals surface area (Å²) in [4.78, 5) is 14.1. The van der Waals surface area contributed by atoms with Gasteiger partial charge in [-0.2, -0.15) is 15.0 Å². The molecule has 0 aliphatic rings. The van der Waals surface area contributed by atoms with Gasteiger partial charge in [-0.3, -0.25) is 5.43 Å². The number of ether oxygens (including phenoxy) is 1. The molecule has 8 heteroatoms. The minimum absolute atomic E-state index is 0.225. The molecule has 0 bridgehead atoms. The second-order valence-electron chi connectivity index (χ2n) is 3.70. The van der Waals surface area contributed by atoms with Crippen LogP contribution in [0.4, 0.5) is 11.9 Å². The number of nitrogens with one attached hydrogen (secondary N) is 2. The summed E-state index contributed by atoms with van der Waals surface area (Å²) >= 11 is 0. The Morgan fingerprint density at radius 3 is 2.53 bits per heavy atom. The first-order valence-corrected chi connectivity index (χ1v) is 5.31. The van der Waals surface area contributed by atoms with Gasteiger partial charge in [-0.25, -0.2) is 5.84 Å². The van der Waals surface area contributed by atoms with Crippen molar-refractivity contribution in [3.8, 4) is 6.01 Å². The van der Waals surface area contributed by atoms with Crippen molar-refractivity contribution in [2.24, 2.45) is 5.84 Å². The Labute approximate surface area is 101 Å². The zero-order valence-electron chi connectivity index (χ0n) is 10.4. The Hall–Kier alpha value is -1.67. The summed E-state index contributed by atoms with van der Waals surface area (Å²) in [7, 11) is 5.55. The van der Waals surface area contributed by atoms with Crippen molar-refractivity contribution in [2.75, 3.05) is 45.0 Å². The Balaban J connectivity index is 2.51. The Bertz CT molecular complexity index is 322. The Morgan fingerprint density at radius 1 is 1.24 bits per heavy atom. The van der Waals surface area contributed by atoms with Crippen LogP contribution in [-0.2, 0) is 0 Å². The summed E-state index contributed by atoms with van der Waals surface area (Å²) < 4.78 is 4.94. The van der Waals surface area contributed by atoms with Gasteiger partial charge in [-0.15, -0.1) is 0 Å². The third-order valence-corrected chi connectivity index (χ3v) is 1.99. The maximum Gasteiger partial charge on any atom is 0.322 e. The smallest absolute Gasteiger partial charge is 0.322 e. The van der Waals surface area contributed by atoms with Crippen molar-refractivity contribution in [3.05, 3.63) is 0 Å². The maximum absolute atomic E-state index is 5.24. The minimum atomic E-state index is 0.225. The van der Waals surface area contributed by atoms with Gasteiger partial charge in [0.15, 0.2) is 0 Å². The Morgan fingerprint density at radius 2 is 1.94 bits per heavy atom. The number of hydrogen-bond acceptors (Lipinski definition) is 8. The molecule has 1 heterocycles. The summed E-state index contributed by atoms with van der Waals surface area (Å²) in [6, 6.07) is 0.225. The number of anilines is 2. The lowest BCUT2D eigenvalue weighted by atomic mass is 10.4. The molecule has 0 fully saturated rings. The number of methoxy groups -OCH3 is 1. The first-order chi connectivity index (χ1) is 8.15. The number of aromatic nitrogens is 3. The van der Waals surface area contributed by atoms with E-state index < -0.39 is 0 Å². The normalized spacial score (nSPS) is 10.4. The number of nitrogens with two attached hydrogens (primary N) is 1. The summed E-state index contributed by atoms with van der Waals surface area (Å²) in [5, 5.41) is 3.08. The summed E-state index contributed by atoms with van der Waals surface area (Å²) in [5.74, 6) is 5.96. The van der Waals surface area contributed by atoms with E-state index in [9.17, 15) is 0 Å². The lowest BCUT2D eigenvalue weighted by Gasteiger charge is -2.10. The van der Waals surface area contributed by atoms with Gasteiger partial charge in [0, 0.05) is 6.54 Å². The molecule has 0 aliphatic heterocycles. The average Bonchev–Trinajstić information content (AvgIpc) is 2.34. The van der Waals surface area contributed by atoms with Crippen molar-refractivity contribution in [3.63, 3.8) is 0 Å². The molecule has 0 amide bonds. The molecule has 0 saturated heterocycles. The van der Waals surface area contributed by atoms with Crippen molar-refractivity contribution in [2.45, 2.75) is 6.42 Å². The topological polar surface area (TPSA) is 101 Å². The molecule has 1 aromatic rings. The largest absolute Gasteiger partial charge is 0.467 e. The number of hydrazine groups is 1. The average molecular weight is 241 g/mol. The number of nitrogens with zero attached hydrogens (tertiary/aromatic N) is 4. The van der Waals surface area contributed by atoms with Crippen LogP contribution in [-0.4, -0.2) is 54.1 Å². The van der Waals surface area contributed by atoms with Crippen molar-refractivity contribution >= 4 is 11.9 Å². The van der Waals surface area contributed by atoms with E-state index in [2.05, 4.69) is 30.6 Å². The molecule has 0 spiro atoms. The highest BCUT2D eigenvalue weighted by Crippen LogP contribution is 2.09. The molecule has 0 saturated carbocycles. The molecule has 1 rings (SSSR count). The maximum atomic E-state index is 5.24. The monoisotopic (exact) mass is 241 g/mol. The second-order valence-corrected chi connectivity index (χ2v) is 3.70. The van der Waals surface area contributed by atoms with Crippen LogP contribution < -0.4 is 21.3 Å². The van der Waals surface area contributed by atoms with E-state index in [1.807, 2.05) is 14.1 Å². The molecule has 0 aliphatic carbocycles. The first kappa shape index (κ1) is 13.4. The SMILES string of the molecule is COc1nc(NN)nc(NCCCN(C)C)n1. The van der Waals surface area contributed by atoms with Gasteiger partial charge >= 0.3 is 6.01 Å². The zero-order valence-corrected chi connectivity index (χ0v) is 10.4. The fraction of sp³-hybridized carbons (Fsp3) is 0.667. The van der Waals surface area contributed by atoms with E-state index in [1.165, 1.54) is 7.11 Å². The minimum Gasteiger partial charge on any atom is -0.467 e. The van der Waals surface area contributed by atoms with Crippen LogP contribution in [0.5, 0.6) is 6.01 Å².